The molecule has 1 fully saturated rings. The molecule has 0 aromatic rings. The Morgan fingerprint density at radius 1 is 1.17 bits per heavy atom. The van der Waals surface area contributed by atoms with Gasteiger partial charge in [-0.25, -0.2) is 4.79 Å². The second-order valence-corrected chi connectivity index (χ2v) is 8.40. The summed E-state index contributed by atoms with van der Waals surface area (Å²) in [7, 11) is 1.24. The number of nitrogens with zero attached hydrogens (tertiary/aromatic N) is 1. The minimum absolute atomic E-state index is 0.00362. The molecule has 1 aliphatic heterocycles. The molecule has 0 bridgehead atoms. The molecule has 15 heteroatoms. The predicted molar refractivity (Wildman–Crippen MR) is 114 cm³/mol. The lowest BCUT2D eigenvalue weighted by molar-refractivity contribution is -0.311. The van der Waals surface area contributed by atoms with Crippen LogP contribution in [-0.4, -0.2) is 134 Å². The molecule has 0 unspecified atom stereocenters. The van der Waals surface area contributed by atoms with Crippen molar-refractivity contribution < 1.29 is 64.7 Å². The summed E-state index contributed by atoms with van der Waals surface area (Å²) >= 11 is 0. The van der Waals surface area contributed by atoms with E-state index in [0.717, 1.165) is 0 Å². The molecule has 2 rings (SSSR count). The molecule has 1 heterocycles. The Labute approximate surface area is 199 Å². The highest BCUT2D eigenvalue weighted by molar-refractivity contribution is 6.01. The average molecular weight is 508 g/mol. The van der Waals surface area contributed by atoms with E-state index in [1.54, 1.807) is 0 Å². The van der Waals surface area contributed by atoms with Crippen LogP contribution in [-0.2, 0) is 23.8 Å². The third-order valence-electron chi connectivity index (χ3n) is 5.70. The lowest BCUT2D eigenvalue weighted by atomic mass is 9.85. The largest absolute Gasteiger partial charge is 0.493 e. The van der Waals surface area contributed by atoms with Crippen molar-refractivity contribution in [1.29, 1.82) is 0 Å². The van der Waals surface area contributed by atoms with Gasteiger partial charge in [-0.15, -0.1) is 0 Å². The van der Waals surface area contributed by atoms with Crippen molar-refractivity contribution in [3.63, 3.8) is 0 Å². The summed E-state index contributed by atoms with van der Waals surface area (Å²) in [5.74, 6) is -2.71. The van der Waals surface area contributed by atoms with Gasteiger partial charge >= 0.3 is 11.9 Å². The standard InChI is InChI=1S/C20H32N2O13/c1-8(34-19-16(29)15(28)14(27)11(6-23)35-19)13(18(30)31)22-10-4-20(32,7-24)3-9(17(10)33-2)21-5-12(25)26/h8,11,13-16,19,22-24,27-29,32H,3-7H2,1-2H3,(H,25,26)(H,30,31)/t8-,11+,13-,14+,15+,16-,19-,20+/m0/s1. The van der Waals surface area contributed by atoms with Crippen LogP contribution in [0.4, 0.5) is 0 Å². The number of carboxylic acids is 2. The fourth-order valence-electron chi connectivity index (χ4n) is 3.84. The Morgan fingerprint density at radius 3 is 2.34 bits per heavy atom. The summed E-state index contributed by atoms with van der Waals surface area (Å²) in [6.45, 7) is -0.797. The summed E-state index contributed by atoms with van der Waals surface area (Å²) in [5, 5.41) is 81.0. The van der Waals surface area contributed by atoms with Crippen LogP contribution in [0.2, 0.25) is 0 Å². The average Bonchev–Trinajstić information content (AvgIpc) is 2.80. The van der Waals surface area contributed by atoms with E-state index in [1.807, 2.05) is 0 Å². The Bertz CT molecular complexity index is 832. The van der Waals surface area contributed by atoms with Gasteiger partial charge in [0.15, 0.2) is 18.1 Å². The minimum Gasteiger partial charge on any atom is -0.493 e. The molecule has 0 amide bonds. The van der Waals surface area contributed by atoms with E-state index in [4.69, 9.17) is 19.3 Å². The quantitative estimate of drug-likeness (QED) is 0.130. The molecule has 0 aromatic carbocycles. The van der Waals surface area contributed by atoms with Crippen molar-refractivity contribution >= 4 is 17.7 Å². The summed E-state index contributed by atoms with van der Waals surface area (Å²) in [6, 6.07) is -1.57. The van der Waals surface area contributed by atoms with Crippen LogP contribution >= 0.6 is 0 Å². The maximum atomic E-state index is 12.0. The summed E-state index contributed by atoms with van der Waals surface area (Å²) < 4.78 is 16.0. The SMILES string of the molecule is COC1=C(N[C@H](C(=O)O)[C@H](C)O[C@H]2O[C@H](CO)[C@@H](O)[C@@H](O)[C@@H]2O)C[C@@](O)(CO)CC1=NCC(=O)O. The first-order valence-corrected chi connectivity index (χ1v) is 10.7. The van der Waals surface area contributed by atoms with Crippen molar-refractivity contribution in [2.24, 2.45) is 4.99 Å². The topological polar surface area (TPSA) is 248 Å². The van der Waals surface area contributed by atoms with Gasteiger partial charge in [0.2, 0.25) is 0 Å². The number of ether oxygens (including phenoxy) is 3. The van der Waals surface area contributed by atoms with E-state index in [-0.39, 0.29) is 30.0 Å². The van der Waals surface area contributed by atoms with E-state index in [9.17, 15) is 45.3 Å². The second-order valence-electron chi connectivity index (χ2n) is 8.40. The number of rotatable bonds is 11. The maximum Gasteiger partial charge on any atom is 0.328 e. The first kappa shape index (κ1) is 28.9. The number of hydrogen-bond acceptors (Lipinski definition) is 13. The molecule has 0 spiro atoms. The smallest absolute Gasteiger partial charge is 0.328 e. The molecule has 0 radical (unpaired) electrons. The third kappa shape index (κ3) is 6.86. The highest BCUT2D eigenvalue weighted by Gasteiger charge is 2.46. The molecule has 9 N–H and O–H groups in total. The monoisotopic (exact) mass is 508 g/mol. The number of aliphatic hydroxyl groups excluding tert-OH is 5. The molecular weight excluding hydrogens is 476 g/mol. The number of nitrogens with one attached hydrogen (secondary N) is 1. The first-order valence-electron chi connectivity index (χ1n) is 10.7. The molecule has 8 atom stereocenters. The minimum atomic E-state index is -1.79. The Kier molecular flexibility index (Phi) is 9.94. The van der Waals surface area contributed by atoms with Crippen molar-refractivity contribution in [2.45, 2.75) is 68.2 Å². The van der Waals surface area contributed by atoms with Crippen LogP contribution in [0.1, 0.15) is 19.8 Å². The highest BCUT2D eigenvalue weighted by Crippen LogP contribution is 2.31. The summed E-state index contributed by atoms with van der Waals surface area (Å²) in [5.41, 5.74) is -1.80. The van der Waals surface area contributed by atoms with Gasteiger partial charge in [0, 0.05) is 12.8 Å². The van der Waals surface area contributed by atoms with Gasteiger partial charge in [0.25, 0.3) is 0 Å². The number of carbonyl (C=O) groups is 2. The zero-order valence-electron chi connectivity index (χ0n) is 19.1. The Balaban J connectivity index is 2.32. The van der Waals surface area contributed by atoms with Crippen LogP contribution in [0.5, 0.6) is 0 Å². The zero-order chi connectivity index (χ0) is 26.5. The molecule has 200 valence electrons. The highest BCUT2D eigenvalue weighted by atomic mass is 16.7. The number of aliphatic carboxylic acids is 2. The molecular formula is C20H32N2O13. The fourth-order valence-corrected chi connectivity index (χ4v) is 3.84. The van der Waals surface area contributed by atoms with Gasteiger partial charge in [-0.2, -0.15) is 0 Å². The van der Waals surface area contributed by atoms with Crippen molar-refractivity contribution in [1.82, 2.24) is 5.32 Å². The lowest BCUT2D eigenvalue weighted by Crippen LogP contribution is -2.60. The van der Waals surface area contributed by atoms with E-state index in [1.165, 1.54) is 14.0 Å². The number of methoxy groups -OCH3 is 1. The van der Waals surface area contributed by atoms with E-state index >= 15 is 0 Å². The van der Waals surface area contributed by atoms with Crippen LogP contribution in [0.25, 0.3) is 0 Å². The zero-order valence-corrected chi connectivity index (χ0v) is 19.1. The van der Waals surface area contributed by atoms with Crippen LogP contribution in [0.3, 0.4) is 0 Å². The molecule has 35 heavy (non-hydrogen) atoms. The molecule has 15 nitrogen and oxygen atoms in total. The van der Waals surface area contributed by atoms with Crippen molar-refractivity contribution in [3.05, 3.63) is 11.5 Å². The van der Waals surface area contributed by atoms with Crippen molar-refractivity contribution in [3.8, 4) is 0 Å². The van der Waals surface area contributed by atoms with Crippen LogP contribution < -0.4 is 5.32 Å². The van der Waals surface area contributed by atoms with E-state index < -0.39 is 80.1 Å². The Hall–Kier alpha value is -2.37. The van der Waals surface area contributed by atoms with Crippen LogP contribution in [0, 0.1) is 0 Å². The van der Waals surface area contributed by atoms with Crippen molar-refractivity contribution in [2.75, 3.05) is 26.9 Å². The van der Waals surface area contributed by atoms with Gasteiger partial charge in [0.05, 0.1) is 43.4 Å². The molecule has 1 aliphatic carbocycles. The number of hydrogen-bond donors (Lipinski definition) is 9. The first-order chi connectivity index (χ1) is 16.4. The van der Waals surface area contributed by atoms with Gasteiger partial charge in [0.1, 0.15) is 31.0 Å². The maximum absolute atomic E-state index is 12.0. The van der Waals surface area contributed by atoms with Gasteiger partial charge < -0.3 is 60.4 Å². The molecule has 2 aliphatic rings. The van der Waals surface area contributed by atoms with E-state index in [2.05, 4.69) is 10.3 Å². The lowest BCUT2D eigenvalue weighted by Gasteiger charge is -2.41. The van der Waals surface area contributed by atoms with Gasteiger partial charge in [-0.05, 0) is 6.92 Å². The van der Waals surface area contributed by atoms with Gasteiger partial charge in [-0.3, -0.25) is 9.79 Å². The number of aliphatic imine (C=N–C) groups is 1. The second kappa shape index (κ2) is 12.0. The fraction of sp³-hybridized carbons (Fsp3) is 0.750. The molecule has 0 saturated carbocycles. The molecule has 1 saturated heterocycles. The normalized spacial score (nSPS) is 34.4. The third-order valence-corrected chi connectivity index (χ3v) is 5.70. The van der Waals surface area contributed by atoms with Gasteiger partial charge in [-0.1, -0.05) is 0 Å². The molecule has 0 aromatic heterocycles. The Morgan fingerprint density at radius 2 is 1.83 bits per heavy atom. The number of allylic oxidation sites excluding steroid dienone is 1. The summed E-state index contributed by atoms with van der Waals surface area (Å²) in [6.07, 6.45) is -9.82. The summed E-state index contributed by atoms with van der Waals surface area (Å²) in [4.78, 5) is 26.9. The van der Waals surface area contributed by atoms with E-state index in [0.29, 0.717) is 0 Å². The number of carboxylic acid groups (broad SMARTS) is 2. The van der Waals surface area contributed by atoms with Crippen LogP contribution in [0.15, 0.2) is 16.4 Å². The predicted octanol–water partition coefficient (Wildman–Crippen LogP) is -3.86. The number of aliphatic hydroxyl groups is 6.